The van der Waals surface area contributed by atoms with E-state index in [2.05, 4.69) is 15.9 Å². The minimum atomic E-state index is -0.876. The van der Waals surface area contributed by atoms with Crippen LogP contribution < -0.4 is 0 Å². The minimum Gasteiger partial charge on any atom is -0.481 e. The summed E-state index contributed by atoms with van der Waals surface area (Å²) in [7, 11) is 0. The molecule has 0 saturated carbocycles. The van der Waals surface area contributed by atoms with Crippen molar-refractivity contribution in [1.82, 2.24) is 4.90 Å². The Hall–Kier alpha value is -1.43. The van der Waals surface area contributed by atoms with Crippen LogP contribution in [0.4, 0.5) is 4.39 Å². The van der Waals surface area contributed by atoms with Gasteiger partial charge in [0.1, 0.15) is 5.82 Å². The van der Waals surface area contributed by atoms with E-state index in [0.29, 0.717) is 17.6 Å². The van der Waals surface area contributed by atoms with Crippen LogP contribution in [0, 0.1) is 11.7 Å². The minimum absolute atomic E-state index is 0.00581. The van der Waals surface area contributed by atoms with Crippen molar-refractivity contribution in [3.05, 3.63) is 34.1 Å². The van der Waals surface area contributed by atoms with Gasteiger partial charge in [-0.25, -0.2) is 4.39 Å². The van der Waals surface area contributed by atoms with Gasteiger partial charge in [0, 0.05) is 23.5 Å². The molecular formula is C12H11BrFNO3. The van der Waals surface area contributed by atoms with Crippen LogP contribution in [0.2, 0.25) is 0 Å². The summed E-state index contributed by atoms with van der Waals surface area (Å²) in [4.78, 5) is 23.9. The molecule has 1 fully saturated rings. The molecule has 0 radical (unpaired) electrons. The summed E-state index contributed by atoms with van der Waals surface area (Å²) in [6.45, 7) is 0.734. The Kier molecular flexibility index (Phi) is 3.65. The summed E-state index contributed by atoms with van der Waals surface area (Å²) in [5.74, 6) is -1.88. The van der Waals surface area contributed by atoms with E-state index in [1.807, 2.05) is 0 Å². The van der Waals surface area contributed by atoms with Crippen molar-refractivity contribution in [2.24, 2.45) is 5.92 Å². The molecule has 0 unspecified atom stereocenters. The number of hydrogen-bond acceptors (Lipinski definition) is 2. The maximum absolute atomic E-state index is 13.6. The molecule has 1 heterocycles. The topological polar surface area (TPSA) is 57.6 Å². The van der Waals surface area contributed by atoms with Gasteiger partial charge >= 0.3 is 5.97 Å². The zero-order chi connectivity index (χ0) is 13.3. The summed E-state index contributed by atoms with van der Waals surface area (Å²) in [6.07, 6.45) is 0.0439. The molecule has 1 amide bonds. The Morgan fingerprint density at radius 3 is 2.67 bits per heavy atom. The van der Waals surface area contributed by atoms with E-state index in [1.54, 1.807) is 6.07 Å². The highest BCUT2D eigenvalue weighted by molar-refractivity contribution is 9.10. The summed E-state index contributed by atoms with van der Waals surface area (Å²) >= 11 is 3.14. The number of aliphatic carboxylic acids is 1. The second-order valence-electron chi connectivity index (χ2n) is 4.27. The number of carbonyl (C=O) groups is 2. The Balaban J connectivity index is 2.04. The maximum Gasteiger partial charge on any atom is 0.303 e. The monoisotopic (exact) mass is 315 g/mol. The lowest BCUT2D eigenvalue weighted by molar-refractivity contribution is -0.139. The number of carboxylic acids is 1. The van der Waals surface area contributed by atoms with Crippen LogP contribution in [0.25, 0.3) is 0 Å². The van der Waals surface area contributed by atoms with Crippen molar-refractivity contribution in [3.8, 4) is 0 Å². The standard InChI is InChI=1S/C12H11BrFNO3/c13-8-2-1-3-9(14)11(8)12(18)15-5-7(6-15)4-10(16)17/h1-3,7H,4-6H2,(H,16,17). The van der Waals surface area contributed by atoms with Crippen molar-refractivity contribution in [2.75, 3.05) is 13.1 Å². The van der Waals surface area contributed by atoms with Gasteiger partial charge in [-0.15, -0.1) is 0 Å². The third-order valence-electron chi connectivity index (χ3n) is 2.88. The van der Waals surface area contributed by atoms with Crippen molar-refractivity contribution in [1.29, 1.82) is 0 Å². The van der Waals surface area contributed by atoms with Crippen molar-refractivity contribution >= 4 is 27.8 Å². The highest BCUT2D eigenvalue weighted by Crippen LogP contribution is 2.26. The van der Waals surface area contributed by atoms with Crippen LogP contribution in [-0.4, -0.2) is 35.0 Å². The van der Waals surface area contributed by atoms with Gasteiger partial charge < -0.3 is 10.0 Å². The van der Waals surface area contributed by atoms with Crippen molar-refractivity contribution in [3.63, 3.8) is 0 Å². The molecule has 0 spiro atoms. The number of carboxylic acid groups (broad SMARTS) is 1. The van der Waals surface area contributed by atoms with E-state index in [4.69, 9.17) is 5.11 Å². The van der Waals surface area contributed by atoms with E-state index < -0.39 is 17.7 Å². The lowest BCUT2D eigenvalue weighted by Crippen LogP contribution is -2.50. The molecule has 1 aliphatic rings. The Morgan fingerprint density at radius 1 is 1.44 bits per heavy atom. The molecule has 96 valence electrons. The molecule has 1 aromatic rings. The molecule has 18 heavy (non-hydrogen) atoms. The van der Waals surface area contributed by atoms with Crippen LogP contribution in [0.1, 0.15) is 16.8 Å². The number of nitrogens with zero attached hydrogens (tertiary/aromatic N) is 1. The number of hydrogen-bond donors (Lipinski definition) is 1. The summed E-state index contributed by atoms with van der Waals surface area (Å²) in [5, 5.41) is 8.61. The number of likely N-dealkylation sites (tertiary alicyclic amines) is 1. The smallest absolute Gasteiger partial charge is 0.303 e. The first-order chi connectivity index (χ1) is 8.49. The van der Waals surface area contributed by atoms with Gasteiger partial charge in [-0.2, -0.15) is 0 Å². The maximum atomic E-state index is 13.6. The average Bonchev–Trinajstić information content (AvgIpc) is 2.22. The van der Waals surface area contributed by atoms with Gasteiger partial charge in [-0.3, -0.25) is 9.59 Å². The second-order valence-corrected chi connectivity index (χ2v) is 5.13. The predicted molar refractivity (Wildman–Crippen MR) is 65.7 cm³/mol. The molecule has 6 heteroatoms. The Labute approximate surface area is 112 Å². The molecule has 1 N–H and O–H groups in total. The molecule has 2 rings (SSSR count). The first kappa shape index (κ1) is 13.0. The van der Waals surface area contributed by atoms with Crippen molar-refractivity contribution in [2.45, 2.75) is 6.42 Å². The highest BCUT2D eigenvalue weighted by Gasteiger charge is 2.34. The number of carbonyl (C=O) groups excluding carboxylic acids is 1. The molecular weight excluding hydrogens is 305 g/mol. The van der Waals surface area contributed by atoms with Crippen LogP contribution in [0.3, 0.4) is 0 Å². The largest absolute Gasteiger partial charge is 0.481 e. The lowest BCUT2D eigenvalue weighted by Gasteiger charge is -2.38. The Morgan fingerprint density at radius 2 is 2.11 bits per heavy atom. The van der Waals surface area contributed by atoms with Crippen LogP contribution >= 0.6 is 15.9 Å². The summed E-state index contributed by atoms with van der Waals surface area (Å²) < 4.78 is 14.0. The molecule has 4 nitrogen and oxygen atoms in total. The molecule has 0 atom stereocenters. The van der Waals surface area contributed by atoms with E-state index >= 15 is 0 Å². The third-order valence-corrected chi connectivity index (χ3v) is 3.55. The van der Waals surface area contributed by atoms with Crippen LogP contribution in [0.15, 0.2) is 22.7 Å². The quantitative estimate of drug-likeness (QED) is 0.929. The molecule has 1 aromatic carbocycles. The average molecular weight is 316 g/mol. The number of benzene rings is 1. The van der Waals surface area contributed by atoms with E-state index in [1.165, 1.54) is 17.0 Å². The van der Waals surface area contributed by atoms with Gasteiger partial charge in [0.25, 0.3) is 5.91 Å². The fourth-order valence-electron chi connectivity index (χ4n) is 1.97. The molecule has 1 aliphatic heterocycles. The first-order valence-corrected chi connectivity index (χ1v) is 6.23. The van der Waals surface area contributed by atoms with Gasteiger partial charge in [0.05, 0.1) is 12.0 Å². The second kappa shape index (κ2) is 5.06. The van der Waals surface area contributed by atoms with E-state index in [9.17, 15) is 14.0 Å². The van der Waals surface area contributed by atoms with E-state index in [0.717, 1.165) is 0 Å². The first-order valence-electron chi connectivity index (χ1n) is 5.44. The highest BCUT2D eigenvalue weighted by atomic mass is 79.9. The molecule has 0 aliphatic carbocycles. The van der Waals surface area contributed by atoms with Crippen LogP contribution in [0.5, 0.6) is 0 Å². The van der Waals surface area contributed by atoms with Crippen molar-refractivity contribution < 1.29 is 19.1 Å². The lowest BCUT2D eigenvalue weighted by atomic mass is 9.95. The fourth-order valence-corrected chi connectivity index (χ4v) is 2.48. The normalized spacial score (nSPS) is 15.3. The predicted octanol–water partition coefficient (Wildman–Crippen LogP) is 2.13. The molecule has 1 saturated heterocycles. The number of amides is 1. The van der Waals surface area contributed by atoms with Gasteiger partial charge in [-0.05, 0) is 28.1 Å². The summed E-state index contributed by atoms with van der Waals surface area (Å²) in [6, 6.07) is 4.34. The Bertz CT molecular complexity index is 480. The van der Waals surface area contributed by atoms with Gasteiger partial charge in [-0.1, -0.05) is 6.07 Å². The molecule has 0 aromatic heterocycles. The summed E-state index contributed by atoms with van der Waals surface area (Å²) in [5.41, 5.74) is 0.00581. The SMILES string of the molecule is O=C(O)CC1CN(C(=O)c2c(F)cccc2Br)C1. The zero-order valence-electron chi connectivity index (χ0n) is 9.40. The van der Waals surface area contributed by atoms with Gasteiger partial charge in [0.2, 0.25) is 0 Å². The molecule has 0 bridgehead atoms. The number of halogens is 2. The van der Waals surface area contributed by atoms with E-state index in [-0.39, 0.29) is 17.9 Å². The number of rotatable bonds is 3. The fraction of sp³-hybridized carbons (Fsp3) is 0.333. The third kappa shape index (κ3) is 2.53. The van der Waals surface area contributed by atoms with Crippen LogP contribution in [-0.2, 0) is 4.79 Å². The zero-order valence-corrected chi connectivity index (χ0v) is 11.0. The van der Waals surface area contributed by atoms with Gasteiger partial charge in [0.15, 0.2) is 0 Å².